The predicted molar refractivity (Wildman–Crippen MR) is 79.6 cm³/mol. The number of nitrogens with one attached hydrogen (secondary N) is 1. The molecule has 3 heteroatoms. The number of hydrogen-bond acceptors (Lipinski definition) is 3. The summed E-state index contributed by atoms with van der Waals surface area (Å²) in [4.78, 5) is 0. The molecule has 0 aromatic heterocycles. The lowest BCUT2D eigenvalue weighted by molar-refractivity contribution is 0.0807. The van der Waals surface area contributed by atoms with Crippen LogP contribution in [-0.2, 0) is 11.3 Å². The maximum absolute atomic E-state index is 5.63. The Morgan fingerprint density at radius 1 is 1.11 bits per heavy atom. The second-order valence-electron chi connectivity index (χ2n) is 4.94. The molecule has 0 atom stereocenters. The minimum absolute atomic E-state index is 0.307. The van der Waals surface area contributed by atoms with Crippen LogP contribution in [0, 0.1) is 0 Å². The monoisotopic (exact) mass is 265 g/mol. The van der Waals surface area contributed by atoms with Gasteiger partial charge in [-0.25, -0.2) is 0 Å². The number of rotatable bonds is 10. The molecular weight excluding hydrogens is 238 g/mol. The van der Waals surface area contributed by atoms with Gasteiger partial charge in [-0.2, -0.15) is 0 Å². The van der Waals surface area contributed by atoms with Crippen molar-refractivity contribution in [3.8, 4) is 5.75 Å². The van der Waals surface area contributed by atoms with E-state index in [1.807, 2.05) is 12.1 Å². The van der Waals surface area contributed by atoms with Crippen LogP contribution < -0.4 is 10.1 Å². The summed E-state index contributed by atoms with van der Waals surface area (Å²) >= 11 is 0. The molecule has 0 bridgehead atoms. The fraction of sp³-hybridized carbons (Fsp3) is 0.625. The number of unbranched alkanes of at least 4 members (excludes halogenated alkanes) is 1. The van der Waals surface area contributed by atoms with Gasteiger partial charge in [-0.1, -0.05) is 25.5 Å². The standard InChI is InChI=1S/C16H27NO2/c1-4-5-11-19-16-8-6-15(7-9-16)13-17-10-12-18-14(2)3/h6-9,14,17H,4-5,10-13H2,1-3H3. The van der Waals surface area contributed by atoms with Gasteiger partial charge in [0.05, 0.1) is 19.3 Å². The summed E-state index contributed by atoms with van der Waals surface area (Å²) in [5.74, 6) is 0.959. The maximum Gasteiger partial charge on any atom is 0.119 e. The molecule has 108 valence electrons. The van der Waals surface area contributed by atoms with Gasteiger partial charge in [-0.3, -0.25) is 0 Å². The Morgan fingerprint density at radius 3 is 2.47 bits per heavy atom. The molecule has 0 aliphatic rings. The summed E-state index contributed by atoms with van der Waals surface area (Å²) in [6, 6.07) is 8.30. The van der Waals surface area contributed by atoms with Gasteiger partial charge in [0.15, 0.2) is 0 Å². The highest BCUT2D eigenvalue weighted by molar-refractivity contribution is 5.27. The van der Waals surface area contributed by atoms with E-state index in [1.165, 1.54) is 12.0 Å². The molecule has 0 unspecified atom stereocenters. The Hall–Kier alpha value is -1.06. The minimum atomic E-state index is 0.307. The third-order valence-corrected chi connectivity index (χ3v) is 2.75. The van der Waals surface area contributed by atoms with E-state index >= 15 is 0 Å². The Morgan fingerprint density at radius 2 is 1.84 bits per heavy atom. The Labute approximate surface area is 117 Å². The first-order chi connectivity index (χ1) is 9.22. The molecule has 3 nitrogen and oxygen atoms in total. The number of benzene rings is 1. The molecule has 0 saturated heterocycles. The molecule has 0 heterocycles. The van der Waals surface area contributed by atoms with E-state index in [9.17, 15) is 0 Å². The molecule has 0 amide bonds. The topological polar surface area (TPSA) is 30.5 Å². The predicted octanol–water partition coefficient (Wildman–Crippen LogP) is 3.38. The van der Waals surface area contributed by atoms with Gasteiger partial charge in [0.1, 0.15) is 5.75 Å². The lowest BCUT2D eigenvalue weighted by Crippen LogP contribution is -2.20. The van der Waals surface area contributed by atoms with E-state index in [0.29, 0.717) is 6.10 Å². The van der Waals surface area contributed by atoms with Crippen molar-refractivity contribution in [2.75, 3.05) is 19.8 Å². The fourth-order valence-electron chi connectivity index (χ4n) is 1.64. The number of hydrogen-bond donors (Lipinski definition) is 1. The molecule has 19 heavy (non-hydrogen) atoms. The van der Waals surface area contributed by atoms with E-state index in [0.717, 1.165) is 38.5 Å². The summed E-state index contributed by atoms with van der Waals surface area (Å²) < 4.78 is 11.1. The van der Waals surface area contributed by atoms with Gasteiger partial charge in [0.2, 0.25) is 0 Å². The first-order valence-electron chi connectivity index (χ1n) is 7.26. The number of ether oxygens (including phenoxy) is 2. The van der Waals surface area contributed by atoms with Crippen molar-refractivity contribution < 1.29 is 9.47 Å². The SMILES string of the molecule is CCCCOc1ccc(CNCCOC(C)C)cc1. The van der Waals surface area contributed by atoms with Crippen LogP contribution in [0.25, 0.3) is 0 Å². The molecule has 1 aromatic rings. The molecule has 0 aliphatic carbocycles. The van der Waals surface area contributed by atoms with Crippen molar-refractivity contribution in [2.24, 2.45) is 0 Å². The molecule has 1 rings (SSSR count). The lowest BCUT2D eigenvalue weighted by atomic mass is 10.2. The quantitative estimate of drug-likeness (QED) is 0.658. The third-order valence-electron chi connectivity index (χ3n) is 2.75. The Balaban J connectivity index is 2.17. The van der Waals surface area contributed by atoms with Gasteiger partial charge in [-0.05, 0) is 38.0 Å². The van der Waals surface area contributed by atoms with Gasteiger partial charge < -0.3 is 14.8 Å². The molecular formula is C16H27NO2. The maximum atomic E-state index is 5.63. The average Bonchev–Trinajstić information content (AvgIpc) is 2.40. The molecule has 1 aromatic carbocycles. The van der Waals surface area contributed by atoms with Crippen molar-refractivity contribution >= 4 is 0 Å². The van der Waals surface area contributed by atoms with E-state index in [-0.39, 0.29) is 0 Å². The molecule has 0 aliphatic heterocycles. The van der Waals surface area contributed by atoms with Crippen molar-refractivity contribution in [2.45, 2.75) is 46.3 Å². The second-order valence-corrected chi connectivity index (χ2v) is 4.94. The molecule has 0 fully saturated rings. The summed E-state index contributed by atoms with van der Waals surface area (Å²) in [6.45, 7) is 9.59. The molecule has 0 radical (unpaired) electrons. The highest BCUT2D eigenvalue weighted by Crippen LogP contribution is 2.12. The highest BCUT2D eigenvalue weighted by Gasteiger charge is 1.96. The van der Waals surface area contributed by atoms with Crippen LogP contribution in [0.5, 0.6) is 5.75 Å². The largest absolute Gasteiger partial charge is 0.494 e. The van der Waals surface area contributed by atoms with Crippen molar-refractivity contribution in [1.29, 1.82) is 0 Å². The van der Waals surface area contributed by atoms with Crippen LogP contribution >= 0.6 is 0 Å². The zero-order chi connectivity index (χ0) is 13.9. The van der Waals surface area contributed by atoms with Crippen LogP contribution in [0.15, 0.2) is 24.3 Å². The highest BCUT2D eigenvalue weighted by atomic mass is 16.5. The van der Waals surface area contributed by atoms with Gasteiger partial charge in [-0.15, -0.1) is 0 Å². The van der Waals surface area contributed by atoms with Crippen LogP contribution in [0.1, 0.15) is 39.2 Å². The van der Waals surface area contributed by atoms with Gasteiger partial charge in [0, 0.05) is 13.1 Å². The van der Waals surface area contributed by atoms with Crippen LogP contribution in [0.2, 0.25) is 0 Å². The van der Waals surface area contributed by atoms with Crippen molar-refractivity contribution in [3.05, 3.63) is 29.8 Å². The van der Waals surface area contributed by atoms with Crippen LogP contribution in [0.3, 0.4) is 0 Å². The first kappa shape index (κ1) is 16.0. The lowest BCUT2D eigenvalue weighted by Gasteiger charge is -2.09. The molecule has 1 N–H and O–H groups in total. The van der Waals surface area contributed by atoms with Crippen LogP contribution in [-0.4, -0.2) is 25.9 Å². The van der Waals surface area contributed by atoms with E-state index in [4.69, 9.17) is 9.47 Å². The zero-order valence-electron chi connectivity index (χ0n) is 12.4. The van der Waals surface area contributed by atoms with Crippen molar-refractivity contribution in [1.82, 2.24) is 5.32 Å². The molecule has 0 saturated carbocycles. The fourth-order valence-corrected chi connectivity index (χ4v) is 1.64. The third kappa shape index (κ3) is 7.85. The first-order valence-corrected chi connectivity index (χ1v) is 7.26. The summed E-state index contributed by atoms with van der Waals surface area (Å²) in [7, 11) is 0. The normalized spacial score (nSPS) is 10.9. The smallest absolute Gasteiger partial charge is 0.119 e. The molecule has 0 spiro atoms. The van der Waals surface area contributed by atoms with Crippen LogP contribution in [0.4, 0.5) is 0 Å². The van der Waals surface area contributed by atoms with E-state index in [1.54, 1.807) is 0 Å². The average molecular weight is 265 g/mol. The Bertz CT molecular complexity index is 322. The van der Waals surface area contributed by atoms with Gasteiger partial charge >= 0.3 is 0 Å². The summed E-state index contributed by atoms with van der Waals surface area (Å²) in [5.41, 5.74) is 1.27. The summed E-state index contributed by atoms with van der Waals surface area (Å²) in [6.07, 6.45) is 2.58. The minimum Gasteiger partial charge on any atom is -0.494 e. The van der Waals surface area contributed by atoms with Crippen molar-refractivity contribution in [3.63, 3.8) is 0 Å². The van der Waals surface area contributed by atoms with Gasteiger partial charge in [0.25, 0.3) is 0 Å². The second kappa shape index (κ2) is 9.82. The zero-order valence-corrected chi connectivity index (χ0v) is 12.4. The summed E-state index contributed by atoms with van der Waals surface area (Å²) in [5, 5.41) is 3.36. The Kier molecular flexibility index (Phi) is 8.26. The van der Waals surface area contributed by atoms with E-state index in [2.05, 4.69) is 38.2 Å². The van der Waals surface area contributed by atoms with E-state index < -0.39 is 0 Å².